The highest BCUT2D eigenvalue weighted by Crippen LogP contribution is 2.23. The molecule has 1 aliphatic rings. The van der Waals surface area contributed by atoms with E-state index in [-0.39, 0.29) is 11.9 Å². The number of benzene rings is 1. The zero-order valence-corrected chi connectivity index (χ0v) is 11.5. The third-order valence-electron chi connectivity index (χ3n) is 4.19. The van der Waals surface area contributed by atoms with Crippen LogP contribution in [0.5, 0.6) is 0 Å². The summed E-state index contributed by atoms with van der Waals surface area (Å²) >= 11 is 0. The lowest BCUT2D eigenvalue weighted by Crippen LogP contribution is -2.39. The Morgan fingerprint density at radius 1 is 1.44 bits per heavy atom. The van der Waals surface area contributed by atoms with E-state index in [1.165, 1.54) is 12.5 Å². The van der Waals surface area contributed by atoms with Gasteiger partial charge in [0.15, 0.2) is 0 Å². The smallest absolute Gasteiger partial charge is 0.127 e. The van der Waals surface area contributed by atoms with Crippen LogP contribution in [0.2, 0.25) is 0 Å². The van der Waals surface area contributed by atoms with Gasteiger partial charge in [0.1, 0.15) is 5.82 Å². The molecule has 1 heterocycles. The van der Waals surface area contributed by atoms with E-state index in [9.17, 15) is 4.39 Å². The van der Waals surface area contributed by atoms with Gasteiger partial charge < -0.3 is 5.32 Å². The lowest BCUT2D eigenvalue weighted by atomic mass is 10.0. The first kappa shape index (κ1) is 13.5. The molecule has 1 aliphatic heterocycles. The zero-order chi connectivity index (χ0) is 13.1. The Bertz CT molecular complexity index is 394. The van der Waals surface area contributed by atoms with E-state index in [0.29, 0.717) is 12.0 Å². The summed E-state index contributed by atoms with van der Waals surface area (Å²) < 4.78 is 13.7. The van der Waals surface area contributed by atoms with Crippen molar-refractivity contribution in [3.8, 4) is 0 Å². The summed E-state index contributed by atoms with van der Waals surface area (Å²) in [6, 6.07) is 7.70. The summed E-state index contributed by atoms with van der Waals surface area (Å²) in [4.78, 5) is 2.23. The van der Waals surface area contributed by atoms with E-state index in [1.54, 1.807) is 6.07 Å². The van der Waals surface area contributed by atoms with Crippen LogP contribution in [-0.2, 0) is 0 Å². The summed E-state index contributed by atoms with van der Waals surface area (Å²) in [6.45, 7) is 6.43. The number of hydrogen-bond acceptors (Lipinski definition) is 2. The van der Waals surface area contributed by atoms with E-state index >= 15 is 0 Å². The van der Waals surface area contributed by atoms with Crippen LogP contribution < -0.4 is 5.32 Å². The minimum atomic E-state index is -0.107. The molecule has 3 heteroatoms. The Labute approximate surface area is 109 Å². The van der Waals surface area contributed by atoms with E-state index < -0.39 is 0 Å². The van der Waals surface area contributed by atoms with Crippen LogP contribution in [0.1, 0.15) is 31.9 Å². The average molecular weight is 250 g/mol. The molecule has 0 radical (unpaired) electrons. The molecule has 100 valence electrons. The van der Waals surface area contributed by atoms with E-state index in [2.05, 4.69) is 31.1 Å². The van der Waals surface area contributed by atoms with Crippen molar-refractivity contribution in [1.82, 2.24) is 10.2 Å². The second kappa shape index (κ2) is 5.81. The third kappa shape index (κ3) is 2.90. The summed E-state index contributed by atoms with van der Waals surface area (Å²) in [5.41, 5.74) is 0.783. The van der Waals surface area contributed by atoms with Gasteiger partial charge in [-0.15, -0.1) is 0 Å². The quantitative estimate of drug-likeness (QED) is 0.884. The Kier molecular flexibility index (Phi) is 4.36. The summed E-state index contributed by atoms with van der Waals surface area (Å²) in [6.07, 6.45) is 1.24. The Hall–Kier alpha value is -0.930. The summed E-state index contributed by atoms with van der Waals surface area (Å²) in [7, 11) is 2.07. The first-order valence-corrected chi connectivity index (χ1v) is 6.77. The molecule has 1 aromatic carbocycles. The second-order valence-corrected chi connectivity index (χ2v) is 5.46. The maximum atomic E-state index is 13.7. The fourth-order valence-corrected chi connectivity index (χ4v) is 2.66. The molecule has 3 atom stereocenters. The molecule has 3 unspecified atom stereocenters. The van der Waals surface area contributed by atoms with Crippen molar-refractivity contribution in [1.29, 1.82) is 0 Å². The first-order valence-electron chi connectivity index (χ1n) is 6.77. The topological polar surface area (TPSA) is 15.3 Å². The van der Waals surface area contributed by atoms with Gasteiger partial charge in [0, 0.05) is 24.2 Å². The lowest BCUT2D eigenvalue weighted by molar-refractivity contribution is 0.220. The number of nitrogens with zero attached hydrogens (tertiary/aromatic N) is 1. The van der Waals surface area contributed by atoms with Crippen molar-refractivity contribution >= 4 is 0 Å². The van der Waals surface area contributed by atoms with Crippen LogP contribution in [0.25, 0.3) is 0 Å². The van der Waals surface area contributed by atoms with Crippen LogP contribution in [0.3, 0.4) is 0 Å². The van der Waals surface area contributed by atoms with Crippen LogP contribution in [-0.4, -0.2) is 31.1 Å². The van der Waals surface area contributed by atoms with Gasteiger partial charge in [-0.2, -0.15) is 0 Å². The molecule has 1 saturated heterocycles. The third-order valence-corrected chi connectivity index (χ3v) is 4.19. The normalized spacial score (nSPS) is 25.6. The second-order valence-electron chi connectivity index (χ2n) is 5.46. The molecule has 0 spiro atoms. The van der Waals surface area contributed by atoms with Crippen LogP contribution in [0, 0.1) is 11.7 Å². The molecule has 0 saturated carbocycles. The fourth-order valence-electron chi connectivity index (χ4n) is 2.66. The van der Waals surface area contributed by atoms with Gasteiger partial charge in [-0.05, 0) is 38.9 Å². The van der Waals surface area contributed by atoms with Crippen molar-refractivity contribution in [2.75, 3.05) is 20.1 Å². The lowest BCUT2D eigenvalue weighted by Gasteiger charge is -2.29. The number of hydrogen-bond donors (Lipinski definition) is 1. The van der Waals surface area contributed by atoms with Gasteiger partial charge >= 0.3 is 0 Å². The SMILES string of the molecule is CC1CCNC1CN(C)C(C)c1ccccc1F. The minimum absolute atomic E-state index is 0.107. The van der Waals surface area contributed by atoms with Crippen molar-refractivity contribution in [2.45, 2.75) is 32.4 Å². The van der Waals surface area contributed by atoms with Gasteiger partial charge in [-0.25, -0.2) is 4.39 Å². The standard InChI is InChI=1S/C15H23FN2/c1-11-8-9-17-15(11)10-18(3)12(2)13-6-4-5-7-14(13)16/h4-7,11-12,15,17H,8-10H2,1-3H3. The van der Waals surface area contributed by atoms with Crippen molar-refractivity contribution in [3.63, 3.8) is 0 Å². The molecular formula is C15H23FN2. The van der Waals surface area contributed by atoms with Crippen molar-refractivity contribution in [3.05, 3.63) is 35.6 Å². The van der Waals surface area contributed by atoms with Gasteiger partial charge in [-0.1, -0.05) is 25.1 Å². The number of halogens is 1. The highest BCUT2D eigenvalue weighted by molar-refractivity contribution is 5.20. The van der Waals surface area contributed by atoms with Crippen LogP contribution in [0.15, 0.2) is 24.3 Å². The van der Waals surface area contributed by atoms with Crippen LogP contribution >= 0.6 is 0 Å². The van der Waals surface area contributed by atoms with E-state index in [4.69, 9.17) is 0 Å². The molecular weight excluding hydrogens is 227 g/mol. The highest BCUT2D eigenvalue weighted by atomic mass is 19.1. The molecule has 18 heavy (non-hydrogen) atoms. The van der Waals surface area contributed by atoms with Crippen molar-refractivity contribution in [2.24, 2.45) is 5.92 Å². The van der Waals surface area contributed by atoms with Gasteiger partial charge in [0.2, 0.25) is 0 Å². The molecule has 1 fully saturated rings. The molecule has 2 nitrogen and oxygen atoms in total. The maximum Gasteiger partial charge on any atom is 0.127 e. The number of nitrogens with one attached hydrogen (secondary N) is 1. The molecule has 0 aliphatic carbocycles. The monoisotopic (exact) mass is 250 g/mol. The predicted molar refractivity (Wildman–Crippen MR) is 73.0 cm³/mol. The molecule has 0 bridgehead atoms. The predicted octanol–water partition coefficient (Wildman–Crippen LogP) is 2.82. The first-order chi connectivity index (χ1) is 8.59. The summed E-state index contributed by atoms with van der Waals surface area (Å²) in [5.74, 6) is 0.601. The highest BCUT2D eigenvalue weighted by Gasteiger charge is 2.26. The van der Waals surface area contributed by atoms with Crippen molar-refractivity contribution < 1.29 is 4.39 Å². The van der Waals surface area contributed by atoms with Gasteiger partial charge in [-0.3, -0.25) is 4.90 Å². The Morgan fingerprint density at radius 3 is 2.78 bits per heavy atom. The Morgan fingerprint density at radius 2 is 2.17 bits per heavy atom. The fraction of sp³-hybridized carbons (Fsp3) is 0.600. The molecule has 1 N–H and O–H groups in total. The molecule has 2 rings (SSSR count). The number of rotatable bonds is 4. The van der Waals surface area contributed by atoms with Gasteiger partial charge in [0.05, 0.1) is 0 Å². The zero-order valence-electron chi connectivity index (χ0n) is 11.5. The minimum Gasteiger partial charge on any atom is -0.312 e. The number of likely N-dealkylation sites (N-methyl/N-ethyl adjacent to an activating group) is 1. The molecule has 0 aromatic heterocycles. The summed E-state index contributed by atoms with van der Waals surface area (Å²) in [5, 5.41) is 3.52. The van der Waals surface area contributed by atoms with E-state index in [0.717, 1.165) is 18.7 Å². The average Bonchev–Trinajstić information content (AvgIpc) is 2.75. The van der Waals surface area contributed by atoms with Crippen LogP contribution in [0.4, 0.5) is 4.39 Å². The molecule has 1 aromatic rings. The largest absolute Gasteiger partial charge is 0.312 e. The van der Waals surface area contributed by atoms with Gasteiger partial charge in [0.25, 0.3) is 0 Å². The Balaban J connectivity index is 2.00. The maximum absolute atomic E-state index is 13.7. The molecule has 0 amide bonds. The van der Waals surface area contributed by atoms with E-state index in [1.807, 2.05) is 12.1 Å².